The average Bonchev–Trinajstić information content (AvgIpc) is 3.09. The standard InChI is InChI=1S/C27H25NO5/c1-16-8-10-19(11-9-16)28-24(18-7-5-6-17(2)14-18)23(26(30)27(28)31)25(29)21-15-20(32-3)12-13-22(21)33-4/h5-15,24,29H,1-4H3/b25-23+. The van der Waals surface area contributed by atoms with Gasteiger partial charge in [-0.15, -0.1) is 0 Å². The van der Waals surface area contributed by atoms with E-state index in [4.69, 9.17) is 9.47 Å². The lowest BCUT2D eigenvalue weighted by atomic mass is 9.94. The summed E-state index contributed by atoms with van der Waals surface area (Å²) in [5, 5.41) is 11.4. The molecule has 1 heterocycles. The predicted octanol–water partition coefficient (Wildman–Crippen LogP) is 4.95. The van der Waals surface area contributed by atoms with Gasteiger partial charge in [-0.05, 0) is 49.7 Å². The van der Waals surface area contributed by atoms with E-state index < -0.39 is 17.7 Å². The molecule has 1 N–H and O–H groups in total. The summed E-state index contributed by atoms with van der Waals surface area (Å²) in [7, 11) is 2.98. The molecule has 1 atom stereocenters. The number of aliphatic hydroxyl groups excluding tert-OH is 1. The van der Waals surface area contributed by atoms with Gasteiger partial charge in [-0.2, -0.15) is 0 Å². The van der Waals surface area contributed by atoms with Crippen molar-refractivity contribution in [3.05, 3.63) is 94.6 Å². The zero-order valence-corrected chi connectivity index (χ0v) is 19.0. The Bertz CT molecular complexity index is 1260. The van der Waals surface area contributed by atoms with Gasteiger partial charge in [0.2, 0.25) is 0 Å². The molecule has 1 unspecified atom stereocenters. The number of amides is 1. The molecule has 1 aliphatic heterocycles. The number of hydrogen-bond acceptors (Lipinski definition) is 5. The highest BCUT2D eigenvalue weighted by Crippen LogP contribution is 2.43. The number of carbonyl (C=O) groups excluding carboxylic acids is 2. The summed E-state index contributed by atoms with van der Waals surface area (Å²) in [6.45, 7) is 3.89. The summed E-state index contributed by atoms with van der Waals surface area (Å²) in [4.78, 5) is 28.0. The molecule has 3 aromatic rings. The minimum atomic E-state index is -0.802. The van der Waals surface area contributed by atoms with Crippen molar-refractivity contribution in [2.75, 3.05) is 19.1 Å². The van der Waals surface area contributed by atoms with Crippen LogP contribution in [-0.4, -0.2) is 31.0 Å². The molecule has 1 saturated heterocycles. The van der Waals surface area contributed by atoms with E-state index in [-0.39, 0.29) is 16.9 Å². The van der Waals surface area contributed by atoms with Crippen LogP contribution in [0, 0.1) is 13.8 Å². The molecule has 0 aliphatic carbocycles. The Morgan fingerprint density at radius 3 is 2.24 bits per heavy atom. The minimum Gasteiger partial charge on any atom is -0.507 e. The number of anilines is 1. The number of Topliss-reactive ketones (excluding diaryl/α,β-unsaturated/α-hetero) is 1. The van der Waals surface area contributed by atoms with Crippen molar-refractivity contribution >= 4 is 23.1 Å². The van der Waals surface area contributed by atoms with Crippen molar-refractivity contribution < 1.29 is 24.2 Å². The number of rotatable bonds is 5. The van der Waals surface area contributed by atoms with Crippen molar-refractivity contribution in [2.45, 2.75) is 19.9 Å². The molecule has 6 nitrogen and oxygen atoms in total. The van der Waals surface area contributed by atoms with Crippen molar-refractivity contribution in [1.29, 1.82) is 0 Å². The van der Waals surface area contributed by atoms with Crippen LogP contribution in [0.4, 0.5) is 5.69 Å². The molecule has 6 heteroatoms. The average molecular weight is 443 g/mol. The van der Waals surface area contributed by atoms with Crippen LogP contribution in [0.3, 0.4) is 0 Å². The second-order valence-corrected chi connectivity index (χ2v) is 7.98. The van der Waals surface area contributed by atoms with Gasteiger partial charge in [-0.3, -0.25) is 14.5 Å². The van der Waals surface area contributed by atoms with Crippen LogP contribution in [0.2, 0.25) is 0 Å². The van der Waals surface area contributed by atoms with Crippen LogP contribution in [0.15, 0.2) is 72.3 Å². The van der Waals surface area contributed by atoms with Crippen molar-refractivity contribution in [3.8, 4) is 11.5 Å². The van der Waals surface area contributed by atoms with Gasteiger partial charge in [0.15, 0.2) is 0 Å². The van der Waals surface area contributed by atoms with Crippen molar-refractivity contribution in [2.24, 2.45) is 0 Å². The number of benzene rings is 3. The maximum absolute atomic E-state index is 13.3. The molecule has 1 fully saturated rings. The summed E-state index contributed by atoms with van der Waals surface area (Å²) in [5.41, 5.74) is 3.57. The van der Waals surface area contributed by atoms with E-state index in [0.29, 0.717) is 17.2 Å². The van der Waals surface area contributed by atoms with Gasteiger partial charge in [0.1, 0.15) is 17.3 Å². The number of methoxy groups -OCH3 is 2. The first-order valence-corrected chi connectivity index (χ1v) is 10.5. The highest BCUT2D eigenvalue weighted by Gasteiger charge is 2.47. The molecule has 0 spiro atoms. The molecule has 4 rings (SSSR count). The monoisotopic (exact) mass is 443 g/mol. The first kappa shape index (κ1) is 22.1. The van der Waals surface area contributed by atoms with Crippen LogP contribution in [0.1, 0.15) is 28.3 Å². The van der Waals surface area contributed by atoms with Gasteiger partial charge in [0, 0.05) is 5.69 Å². The van der Waals surface area contributed by atoms with E-state index >= 15 is 0 Å². The summed E-state index contributed by atoms with van der Waals surface area (Å²) in [6.07, 6.45) is 0. The molecule has 0 saturated carbocycles. The van der Waals surface area contributed by atoms with Crippen LogP contribution in [0.25, 0.3) is 5.76 Å². The molecule has 168 valence electrons. The maximum atomic E-state index is 13.3. The summed E-state index contributed by atoms with van der Waals surface area (Å²) in [5.74, 6) is -0.932. The topological polar surface area (TPSA) is 76.1 Å². The Balaban J connectivity index is 1.99. The van der Waals surface area contributed by atoms with Gasteiger partial charge in [-0.1, -0.05) is 47.5 Å². The number of aryl methyl sites for hydroxylation is 2. The molecule has 3 aromatic carbocycles. The fraction of sp³-hybridized carbons (Fsp3) is 0.185. The minimum absolute atomic E-state index is 0.00210. The van der Waals surface area contributed by atoms with Gasteiger partial charge >= 0.3 is 0 Å². The van der Waals surface area contributed by atoms with Gasteiger partial charge < -0.3 is 14.6 Å². The lowest BCUT2D eigenvalue weighted by Gasteiger charge is -2.26. The summed E-state index contributed by atoms with van der Waals surface area (Å²) in [6, 6.07) is 19.0. The second kappa shape index (κ2) is 8.82. The zero-order chi connectivity index (χ0) is 23.7. The molecule has 1 aliphatic rings. The molecule has 33 heavy (non-hydrogen) atoms. The lowest BCUT2D eigenvalue weighted by Crippen LogP contribution is -2.29. The molecule has 0 aromatic heterocycles. The zero-order valence-electron chi connectivity index (χ0n) is 19.0. The fourth-order valence-electron chi connectivity index (χ4n) is 4.10. The van der Waals surface area contributed by atoms with Crippen LogP contribution < -0.4 is 14.4 Å². The van der Waals surface area contributed by atoms with E-state index in [1.807, 2.05) is 50.2 Å². The Kier molecular flexibility index (Phi) is 5.92. The van der Waals surface area contributed by atoms with Crippen molar-refractivity contribution in [1.82, 2.24) is 0 Å². The molecular formula is C27H25NO5. The first-order chi connectivity index (χ1) is 15.8. The number of ether oxygens (including phenoxy) is 2. The van der Waals surface area contributed by atoms with E-state index in [9.17, 15) is 14.7 Å². The van der Waals surface area contributed by atoms with E-state index in [0.717, 1.165) is 16.7 Å². The fourth-order valence-corrected chi connectivity index (χ4v) is 4.10. The molecule has 0 bridgehead atoms. The second-order valence-electron chi connectivity index (χ2n) is 7.98. The van der Waals surface area contributed by atoms with Crippen LogP contribution in [0.5, 0.6) is 11.5 Å². The SMILES string of the molecule is COc1ccc(OC)c(/C(O)=C2\C(=O)C(=O)N(c3ccc(C)cc3)C2c2cccc(C)c2)c1. The van der Waals surface area contributed by atoms with E-state index in [1.54, 1.807) is 30.3 Å². The van der Waals surface area contributed by atoms with Gasteiger partial charge in [0.05, 0.1) is 31.4 Å². The number of ketones is 1. The highest BCUT2D eigenvalue weighted by atomic mass is 16.5. The molecule has 1 amide bonds. The highest BCUT2D eigenvalue weighted by molar-refractivity contribution is 6.51. The van der Waals surface area contributed by atoms with Gasteiger partial charge in [-0.25, -0.2) is 0 Å². The molecular weight excluding hydrogens is 418 g/mol. The third kappa shape index (κ3) is 3.96. The Morgan fingerprint density at radius 2 is 1.61 bits per heavy atom. The predicted molar refractivity (Wildman–Crippen MR) is 127 cm³/mol. The third-order valence-electron chi connectivity index (χ3n) is 5.78. The maximum Gasteiger partial charge on any atom is 0.300 e. The molecule has 0 radical (unpaired) electrons. The first-order valence-electron chi connectivity index (χ1n) is 10.5. The lowest BCUT2D eigenvalue weighted by molar-refractivity contribution is -0.132. The van der Waals surface area contributed by atoms with E-state index in [2.05, 4.69) is 0 Å². The van der Waals surface area contributed by atoms with Crippen molar-refractivity contribution in [3.63, 3.8) is 0 Å². The van der Waals surface area contributed by atoms with Crippen LogP contribution >= 0.6 is 0 Å². The smallest absolute Gasteiger partial charge is 0.300 e. The Morgan fingerprint density at radius 1 is 0.879 bits per heavy atom. The Hall–Kier alpha value is -4.06. The number of hydrogen-bond donors (Lipinski definition) is 1. The quantitative estimate of drug-likeness (QED) is 0.343. The number of carbonyl (C=O) groups is 2. The largest absolute Gasteiger partial charge is 0.507 e. The van der Waals surface area contributed by atoms with Crippen LogP contribution in [-0.2, 0) is 9.59 Å². The third-order valence-corrected chi connectivity index (χ3v) is 5.78. The number of nitrogens with zero attached hydrogens (tertiary/aromatic N) is 1. The van der Waals surface area contributed by atoms with E-state index in [1.165, 1.54) is 19.1 Å². The van der Waals surface area contributed by atoms with Gasteiger partial charge in [0.25, 0.3) is 11.7 Å². The number of aliphatic hydroxyl groups is 1. The summed E-state index contributed by atoms with van der Waals surface area (Å²) < 4.78 is 10.7. The Labute approximate surface area is 192 Å². The normalized spacial score (nSPS) is 17.3. The summed E-state index contributed by atoms with van der Waals surface area (Å²) >= 11 is 0.